The van der Waals surface area contributed by atoms with Crippen molar-refractivity contribution in [2.24, 2.45) is 4.99 Å². The molecule has 1 aliphatic heterocycles. The fourth-order valence-corrected chi connectivity index (χ4v) is 3.85. The molecule has 0 saturated heterocycles. The van der Waals surface area contributed by atoms with Crippen LogP contribution in [-0.4, -0.2) is 61.5 Å². The van der Waals surface area contributed by atoms with E-state index in [-0.39, 0.29) is 11.8 Å². The number of anilines is 2. The van der Waals surface area contributed by atoms with Crippen LogP contribution in [0.5, 0.6) is 11.8 Å². The topological polar surface area (TPSA) is 65.9 Å². The summed E-state index contributed by atoms with van der Waals surface area (Å²) in [7, 11) is 6.00. The van der Waals surface area contributed by atoms with E-state index in [0.29, 0.717) is 29.6 Å². The Labute approximate surface area is 200 Å². The second-order valence-corrected chi connectivity index (χ2v) is 8.88. The predicted molar refractivity (Wildman–Crippen MR) is 137 cm³/mol. The number of aromatic nitrogens is 2. The summed E-state index contributed by atoms with van der Waals surface area (Å²) in [5.74, 6) is 1.63. The van der Waals surface area contributed by atoms with E-state index in [4.69, 9.17) is 4.74 Å². The van der Waals surface area contributed by atoms with E-state index in [1.807, 2.05) is 76.3 Å². The molecule has 2 heterocycles. The molecule has 2 aliphatic rings. The Hall–Kier alpha value is -3.52. The number of halogens is 1. The fourth-order valence-electron chi connectivity index (χ4n) is 3.85. The highest BCUT2D eigenvalue weighted by molar-refractivity contribution is 6.05. The fraction of sp³-hybridized carbons (Fsp3) is 0.346. The zero-order valence-corrected chi connectivity index (χ0v) is 20.4. The van der Waals surface area contributed by atoms with Gasteiger partial charge in [-0.15, -0.1) is 0 Å². The van der Waals surface area contributed by atoms with Crippen LogP contribution >= 0.6 is 0 Å². The van der Waals surface area contributed by atoms with Gasteiger partial charge in [0.05, 0.1) is 6.54 Å². The van der Waals surface area contributed by atoms with Crippen molar-refractivity contribution < 1.29 is 9.13 Å². The van der Waals surface area contributed by atoms with Gasteiger partial charge in [0.1, 0.15) is 17.5 Å². The smallest absolute Gasteiger partial charge is 0.326 e. The molecule has 0 saturated carbocycles. The number of fused-ring (bicyclic) bond motifs is 1. The minimum absolute atomic E-state index is 0.0745. The molecule has 4 rings (SSSR count). The summed E-state index contributed by atoms with van der Waals surface area (Å²) in [6.07, 6.45) is 8.62. The number of allylic oxidation sites excluding steroid dienone is 2. The number of nitrogens with one attached hydrogen (secondary N) is 1. The number of hydrogen-bond donors (Lipinski definition) is 1. The number of hydrogen-bond acceptors (Lipinski definition) is 7. The van der Waals surface area contributed by atoms with Crippen LogP contribution in [0, 0.1) is 5.82 Å². The first-order valence-corrected chi connectivity index (χ1v) is 11.4. The Bertz CT molecular complexity index is 1200. The molecule has 0 atom stereocenters. The summed E-state index contributed by atoms with van der Waals surface area (Å²) in [4.78, 5) is 17.7. The van der Waals surface area contributed by atoms with Gasteiger partial charge in [-0.1, -0.05) is 29.9 Å². The average molecular weight is 463 g/mol. The van der Waals surface area contributed by atoms with Crippen LogP contribution in [0.15, 0.2) is 52.6 Å². The molecule has 2 aromatic rings. The average Bonchev–Trinajstić information content (AvgIpc) is 3.40. The van der Waals surface area contributed by atoms with Gasteiger partial charge in [0.2, 0.25) is 0 Å². The molecule has 1 aromatic carbocycles. The van der Waals surface area contributed by atoms with Crippen LogP contribution in [0.25, 0.3) is 6.08 Å². The van der Waals surface area contributed by atoms with Crippen molar-refractivity contribution in [3.8, 4) is 11.8 Å². The van der Waals surface area contributed by atoms with Gasteiger partial charge in [0.15, 0.2) is 11.6 Å². The predicted octanol–water partition coefficient (Wildman–Crippen LogP) is 4.69. The molecule has 8 heteroatoms. The number of aliphatic imine (C=N–C) groups is 1. The lowest BCUT2D eigenvalue weighted by atomic mass is 10.1. The van der Waals surface area contributed by atoms with E-state index < -0.39 is 5.82 Å². The quantitative estimate of drug-likeness (QED) is 0.614. The minimum atomic E-state index is -0.391. The lowest BCUT2D eigenvalue weighted by molar-refractivity contribution is 0.407. The molecular weight excluding hydrogens is 431 g/mol. The first-order valence-electron chi connectivity index (χ1n) is 11.4. The van der Waals surface area contributed by atoms with Gasteiger partial charge < -0.3 is 19.9 Å². The summed E-state index contributed by atoms with van der Waals surface area (Å²) in [5, 5.41) is 3.25. The van der Waals surface area contributed by atoms with E-state index in [1.54, 1.807) is 6.07 Å². The number of nitrogens with zero attached hydrogens (tertiary/aromatic N) is 5. The Kier molecular flexibility index (Phi) is 7.07. The monoisotopic (exact) mass is 462 g/mol. The van der Waals surface area contributed by atoms with Crippen molar-refractivity contribution in [2.75, 3.05) is 51.0 Å². The molecule has 178 valence electrons. The molecule has 1 N–H and O–H groups in total. The molecular formula is C26H31FN6O. The second kappa shape index (κ2) is 10.2. The Balaban J connectivity index is 1.63. The standard InChI is InChI=1S/C26H31FN6O/c1-6-7-18-14-22(28-16-18)29-23-15-24(33(5)11-10-32(3)4)31-26(30-23)34-21-9-8-19-12-17(2)13-20(19)25(21)27/h6-9,13-15H,10-12,16H2,1-5H3,(H,28,29,30,31)/b7-6+. The van der Waals surface area contributed by atoms with Crippen LogP contribution in [0.2, 0.25) is 0 Å². The van der Waals surface area contributed by atoms with Gasteiger partial charge in [-0.05, 0) is 57.6 Å². The van der Waals surface area contributed by atoms with Gasteiger partial charge in [-0.2, -0.15) is 9.97 Å². The lowest BCUT2D eigenvalue weighted by Gasteiger charge is -2.21. The zero-order chi connectivity index (χ0) is 24.2. The summed E-state index contributed by atoms with van der Waals surface area (Å²) < 4.78 is 21.0. The van der Waals surface area contributed by atoms with Crippen LogP contribution in [0.1, 0.15) is 25.0 Å². The van der Waals surface area contributed by atoms with E-state index in [0.717, 1.165) is 36.2 Å². The Morgan fingerprint density at radius 1 is 1.15 bits per heavy atom. The zero-order valence-electron chi connectivity index (χ0n) is 20.4. The first-order chi connectivity index (χ1) is 16.3. The Morgan fingerprint density at radius 3 is 2.74 bits per heavy atom. The van der Waals surface area contributed by atoms with Crippen molar-refractivity contribution in [1.29, 1.82) is 0 Å². The summed E-state index contributed by atoms with van der Waals surface area (Å²) in [6.45, 7) is 6.20. The molecule has 0 fully saturated rings. The number of likely N-dealkylation sites (N-methyl/N-ethyl adjacent to an activating group) is 2. The molecule has 7 nitrogen and oxygen atoms in total. The number of amidine groups is 1. The molecule has 0 radical (unpaired) electrons. The summed E-state index contributed by atoms with van der Waals surface area (Å²) >= 11 is 0. The van der Waals surface area contributed by atoms with Crippen LogP contribution in [0.4, 0.5) is 16.0 Å². The SMILES string of the molecule is C/C=C/C1=CC(Nc2cc(N(C)CCN(C)C)nc(Oc3ccc4c(c3F)C=C(C)C4)n2)=NC1. The van der Waals surface area contributed by atoms with Crippen molar-refractivity contribution in [3.63, 3.8) is 0 Å². The third-order valence-corrected chi connectivity index (χ3v) is 5.65. The van der Waals surface area contributed by atoms with Gasteiger partial charge in [0, 0.05) is 31.8 Å². The third-order valence-electron chi connectivity index (χ3n) is 5.65. The molecule has 34 heavy (non-hydrogen) atoms. The number of ether oxygens (including phenoxy) is 1. The van der Waals surface area contributed by atoms with Crippen molar-refractivity contribution >= 4 is 23.5 Å². The van der Waals surface area contributed by atoms with Crippen LogP contribution < -0.4 is 15.0 Å². The van der Waals surface area contributed by atoms with Gasteiger partial charge in [0.25, 0.3) is 0 Å². The van der Waals surface area contributed by atoms with E-state index in [9.17, 15) is 0 Å². The first kappa shape index (κ1) is 23.6. The molecule has 1 aromatic heterocycles. The number of rotatable bonds is 8. The van der Waals surface area contributed by atoms with Gasteiger partial charge >= 0.3 is 6.01 Å². The van der Waals surface area contributed by atoms with Crippen molar-refractivity contribution in [1.82, 2.24) is 14.9 Å². The molecule has 0 amide bonds. The highest BCUT2D eigenvalue weighted by atomic mass is 19.1. The van der Waals surface area contributed by atoms with E-state index in [1.165, 1.54) is 0 Å². The maximum atomic E-state index is 15.2. The van der Waals surface area contributed by atoms with Crippen LogP contribution in [-0.2, 0) is 6.42 Å². The Morgan fingerprint density at radius 2 is 1.97 bits per heavy atom. The molecule has 0 unspecified atom stereocenters. The van der Waals surface area contributed by atoms with Crippen LogP contribution in [0.3, 0.4) is 0 Å². The van der Waals surface area contributed by atoms with Gasteiger partial charge in [-0.3, -0.25) is 4.99 Å². The molecule has 1 aliphatic carbocycles. The molecule has 0 bridgehead atoms. The highest BCUT2D eigenvalue weighted by Crippen LogP contribution is 2.34. The van der Waals surface area contributed by atoms with Crippen molar-refractivity contribution in [3.05, 3.63) is 64.5 Å². The van der Waals surface area contributed by atoms with E-state index in [2.05, 4.69) is 25.2 Å². The second-order valence-electron chi connectivity index (χ2n) is 8.88. The summed E-state index contributed by atoms with van der Waals surface area (Å²) in [5.41, 5.74) is 3.78. The largest absolute Gasteiger partial charge is 0.421 e. The lowest BCUT2D eigenvalue weighted by Crippen LogP contribution is -2.29. The van der Waals surface area contributed by atoms with E-state index >= 15 is 4.39 Å². The number of benzene rings is 1. The maximum absolute atomic E-state index is 15.2. The summed E-state index contributed by atoms with van der Waals surface area (Å²) in [6, 6.07) is 5.46. The normalized spacial score (nSPS) is 14.9. The third kappa shape index (κ3) is 5.51. The maximum Gasteiger partial charge on any atom is 0.326 e. The molecule has 0 spiro atoms. The van der Waals surface area contributed by atoms with Gasteiger partial charge in [-0.25, -0.2) is 4.39 Å². The van der Waals surface area contributed by atoms with Crippen molar-refractivity contribution in [2.45, 2.75) is 20.3 Å². The minimum Gasteiger partial charge on any atom is -0.421 e. The highest BCUT2D eigenvalue weighted by Gasteiger charge is 2.20.